The molecule has 1 saturated carbocycles. The van der Waals surface area contributed by atoms with Gasteiger partial charge >= 0.3 is 0 Å². The van der Waals surface area contributed by atoms with E-state index in [1.807, 2.05) is 45.0 Å². The number of benzene rings is 1. The molecular formula is C25H32N4O4. The van der Waals surface area contributed by atoms with E-state index in [0.717, 1.165) is 58.8 Å². The van der Waals surface area contributed by atoms with Crippen LogP contribution in [0.3, 0.4) is 0 Å². The van der Waals surface area contributed by atoms with Crippen molar-refractivity contribution in [2.24, 2.45) is 5.92 Å². The number of aliphatic hydroxyl groups is 2. The standard InChI is InChI=1S/C25H32N4O4/c1-14-22(10-17-8-19(30)9-17)27-25(28-24(14)23-15(2)29-33-16(23)3)18-6-5-7-21(11-18)32-13-20(31)12-26-4/h5-7,11,17,19-20,26,30-31H,8-10,12-13H2,1-4H3. The third-order valence-corrected chi connectivity index (χ3v) is 6.18. The van der Waals surface area contributed by atoms with E-state index in [-0.39, 0.29) is 12.7 Å². The molecule has 1 aliphatic carbocycles. The lowest BCUT2D eigenvalue weighted by atomic mass is 9.79. The van der Waals surface area contributed by atoms with E-state index in [1.165, 1.54) is 0 Å². The Balaban J connectivity index is 1.70. The lowest BCUT2D eigenvalue weighted by molar-refractivity contribution is 0.0427. The number of nitrogens with zero attached hydrogens (tertiary/aromatic N) is 3. The molecule has 8 heteroatoms. The summed E-state index contributed by atoms with van der Waals surface area (Å²) < 4.78 is 11.2. The van der Waals surface area contributed by atoms with E-state index >= 15 is 0 Å². The third kappa shape index (κ3) is 5.24. The first-order valence-corrected chi connectivity index (χ1v) is 11.4. The van der Waals surface area contributed by atoms with Crippen LogP contribution >= 0.6 is 0 Å². The van der Waals surface area contributed by atoms with Crippen LogP contribution in [0.25, 0.3) is 22.6 Å². The van der Waals surface area contributed by atoms with Gasteiger partial charge in [0.25, 0.3) is 0 Å². The molecule has 0 radical (unpaired) electrons. The molecule has 3 aromatic rings. The van der Waals surface area contributed by atoms with Crippen LogP contribution in [0.5, 0.6) is 5.75 Å². The minimum absolute atomic E-state index is 0.193. The smallest absolute Gasteiger partial charge is 0.160 e. The zero-order valence-corrected chi connectivity index (χ0v) is 19.6. The number of rotatable bonds is 9. The Bertz CT molecular complexity index is 1090. The molecule has 0 aliphatic heterocycles. The van der Waals surface area contributed by atoms with Gasteiger partial charge in [-0.25, -0.2) is 9.97 Å². The average molecular weight is 453 g/mol. The van der Waals surface area contributed by atoms with Crippen molar-refractivity contribution in [1.82, 2.24) is 20.4 Å². The number of aliphatic hydroxyl groups excluding tert-OH is 2. The van der Waals surface area contributed by atoms with Crippen LogP contribution in [-0.4, -0.2) is 57.7 Å². The Kier molecular flexibility index (Phi) is 7.07. The summed E-state index contributed by atoms with van der Waals surface area (Å²) in [6, 6.07) is 7.60. The van der Waals surface area contributed by atoms with E-state index < -0.39 is 6.10 Å². The summed E-state index contributed by atoms with van der Waals surface area (Å²) in [6.07, 6.45) is 1.60. The number of likely N-dealkylation sites (N-methyl/N-ethyl adjacent to an activating group) is 1. The lowest BCUT2D eigenvalue weighted by Crippen LogP contribution is -2.30. The van der Waals surface area contributed by atoms with Gasteiger partial charge in [-0.2, -0.15) is 0 Å². The van der Waals surface area contributed by atoms with Crippen molar-refractivity contribution >= 4 is 0 Å². The summed E-state index contributed by atoms with van der Waals surface area (Å²) in [5.74, 6) is 2.39. The van der Waals surface area contributed by atoms with Gasteiger partial charge in [-0.05, 0) is 70.7 Å². The van der Waals surface area contributed by atoms with Crippen LogP contribution in [0.15, 0.2) is 28.8 Å². The summed E-state index contributed by atoms with van der Waals surface area (Å²) in [6.45, 7) is 6.50. The van der Waals surface area contributed by atoms with Crippen molar-refractivity contribution in [2.75, 3.05) is 20.2 Å². The van der Waals surface area contributed by atoms with Gasteiger partial charge in [-0.3, -0.25) is 0 Å². The summed E-state index contributed by atoms with van der Waals surface area (Å²) in [5, 5.41) is 26.7. The van der Waals surface area contributed by atoms with Gasteiger partial charge in [0.2, 0.25) is 0 Å². The van der Waals surface area contributed by atoms with Gasteiger partial charge in [0.05, 0.1) is 23.1 Å². The van der Waals surface area contributed by atoms with Crippen LogP contribution in [0.2, 0.25) is 0 Å². The molecule has 2 heterocycles. The average Bonchev–Trinajstić information content (AvgIpc) is 3.11. The van der Waals surface area contributed by atoms with E-state index in [9.17, 15) is 10.2 Å². The van der Waals surface area contributed by atoms with Crippen LogP contribution in [0.1, 0.15) is 35.6 Å². The molecule has 2 aromatic heterocycles. The van der Waals surface area contributed by atoms with E-state index in [4.69, 9.17) is 19.2 Å². The highest BCUT2D eigenvalue weighted by Crippen LogP contribution is 2.35. The quantitative estimate of drug-likeness (QED) is 0.454. The van der Waals surface area contributed by atoms with Crippen molar-refractivity contribution in [3.05, 3.63) is 47.0 Å². The molecule has 0 saturated heterocycles. The molecule has 1 fully saturated rings. The number of ether oxygens (including phenoxy) is 1. The Morgan fingerprint density at radius 1 is 1.21 bits per heavy atom. The molecule has 8 nitrogen and oxygen atoms in total. The van der Waals surface area contributed by atoms with Gasteiger partial charge in [0.15, 0.2) is 5.82 Å². The fraction of sp³-hybridized carbons (Fsp3) is 0.480. The molecule has 176 valence electrons. The molecule has 1 aromatic carbocycles. The molecular weight excluding hydrogens is 420 g/mol. The summed E-state index contributed by atoms with van der Waals surface area (Å²) in [4.78, 5) is 9.85. The number of aryl methyl sites for hydroxylation is 2. The largest absolute Gasteiger partial charge is 0.491 e. The molecule has 3 N–H and O–H groups in total. The second kappa shape index (κ2) is 9.99. The normalized spacial score (nSPS) is 18.7. The Morgan fingerprint density at radius 3 is 2.67 bits per heavy atom. The Morgan fingerprint density at radius 2 is 2.00 bits per heavy atom. The molecule has 0 spiro atoms. The minimum atomic E-state index is -0.593. The SMILES string of the molecule is CNCC(O)COc1cccc(-c2nc(CC3CC(O)C3)c(C)c(-c3c(C)noc3C)n2)c1. The van der Waals surface area contributed by atoms with Crippen LogP contribution in [0, 0.1) is 26.7 Å². The monoisotopic (exact) mass is 452 g/mol. The predicted molar refractivity (Wildman–Crippen MR) is 125 cm³/mol. The first kappa shape index (κ1) is 23.4. The summed E-state index contributed by atoms with van der Waals surface area (Å²) >= 11 is 0. The van der Waals surface area contributed by atoms with Crippen LogP contribution in [-0.2, 0) is 6.42 Å². The van der Waals surface area contributed by atoms with Crippen molar-refractivity contribution in [2.45, 2.75) is 52.2 Å². The lowest BCUT2D eigenvalue weighted by Gasteiger charge is -2.31. The van der Waals surface area contributed by atoms with E-state index in [1.54, 1.807) is 7.05 Å². The number of aromatic nitrogens is 3. The van der Waals surface area contributed by atoms with Crippen molar-refractivity contribution < 1.29 is 19.5 Å². The maximum absolute atomic E-state index is 9.94. The molecule has 0 bridgehead atoms. The predicted octanol–water partition coefficient (Wildman–Crippen LogP) is 3.00. The van der Waals surface area contributed by atoms with Gasteiger partial charge in [0, 0.05) is 17.8 Å². The maximum atomic E-state index is 9.94. The summed E-state index contributed by atoms with van der Waals surface area (Å²) in [7, 11) is 1.79. The highest BCUT2D eigenvalue weighted by molar-refractivity contribution is 5.71. The van der Waals surface area contributed by atoms with Crippen LogP contribution in [0.4, 0.5) is 0 Å². The second-order valence-electron chi connectivity index (χ2n) is 8.91. The first-order chi connectivity index (χ1) is 15.9. The van der Waals surface area contributed by atoms with Crippen LogP contribution < -0.4 is 10.1 Å². The van der Waals surface area contributed by atoms with E-state index in [2.05, 4.69) is 10.5 Å². The highest BCUT2D eigenvalue weighted by Gasteiger charge is 2.29. The minimum Gasteiger partial charge on any atom is -0.491 e. The number of hydrogen-bond donors (Lipinski definition) is 3. The van der Waals surface area contributed by atoms with Crippen molar-refractivity contribution in [3.8, 4) is 28.4 Å². The first-order valence-electron chi connectivity index (χ1n) is 11.4. The Labute approximate surface area is 194 Å². The van der Waals surface area contributed by atoms with Crippen molar-refractivity contribution in [1.29, 1.82) is 0 Å². The molecule has 1 atom stereocenters. The third-order valence-electron chi connectivity index (χ3n) is 6.18. The zero-order valence-electron chi connectivity index (χ0n) is 19.6. The van der Waals surface area contributed by atoms with Crippen molar-refractivity contribution in [3.63, 3.8) is 0 Å². The zero-order chi connectivity index (χ0) is 23.5. The van der Waals surface area contributed by atoms with E-state index in [0.29, 0.717) is 24.0 Å². The van der Waals surface area contributed by atoms with Gasteiger partial charge in [-0.1, -0.05) is 17.3 Å². The number of nitrogens with one attached hydrogen (secondary N) is 1. The topological polar surface area (TPSA) is 114 Å². The molecule has 33 heavy (non-hydrogen) atoms. The fourth-order valence-electron chi connectivity index (χ4n) is 4.31. The molecule has 1 unspecified atom stereocenters. The molecule has 1 aliphatic rings. The van der Waals surface area contributed by atoms with Gasteiger partial charge in [-0.15, -0.1) is 0 Å². The molecule has 0 amide bonds. The van der Waals surface area contributed by atoms with Gasteiger partial charge in [0.1, 0.15) is 24.2 Å². The summed E-state index contributed by atoms with van der Waals surface area (Å²) in [5.41, 5.74) is 5.33. The van der Waals surface area contributed by atoms with Gasteiger partial charge < -0.3 is 24.8 Å². The number of hydrogen-bond acceptors (Lipinski definition) is 8. The Hall–Kier alpha value is -2.81. The highest BCUT2D eigenvalue weighted by atomic mass is 16.5. The second-order valence-corrected chi connectivity index (χ2v) is 8.91. The maximum Gasteiger partial charge on any atom is 0.160 e. The molecule has 4 rings (SSSR count). The fourth-order valence-corrected chi connectivity index (χ4v) is 4.31.